The molecule has 2 aliphatic rings. The summed E-state index contributed by atoms with van der Waals surface area (Å²) in [6, 6.07) is 69.0. The molecule has 0 fully saturated rings. The molecule has 0 N–H and O–H groups in total. The lowest BCUT2D eigenvalue weighted by Gasteiger charge is -2.24. The average molecular weight is 795 g/mol. The molecule has 0 bridgehead atoms. The summed E-state index contributed by atoms with van der Waals surface area (Å²) in [6.07, 6.45) is 0. The van der Waals surface area contributed by atoms with Crippen molar-refractivity contribution in [1.82, 2.24) is 0 Å². The summed E-state index contributed by atoms with van der Waals surface area (Å²) in [7, 11) is 0. The highest BCUT2D eigenvalue weighted by Crippen LogP contribution is 2.55. The topological polar surface area (TPSA) is 0 Å². The highest BCUT2D eigenvalue weighted by atomic mass is 32.1. The zero-order chi connectivity index (χ0) is 40.8. The van der Waals surface area contributed by atoms with Gasteiger partial charge in [0.15, 0.2) is 0 Å². The zero-order valence-electron chi connectivity index (χ0n) is 34.7. The zero-order valence-corrected chi connectivity index (χ0v) is 35.5. The van der Waals surface area contributed by atoms with Gasteiger partial charge in [-0.05, 0) is 141 Å². The molecule has 1 aromatic heterocycles. The molecule has 1 heteroatoms. The fraction of sp³-hybridized carbons (Fsp3) is 0.100. The van der Waals surface area contributed by atoms with E-state index in [4.69, 9.17) is 0 Å². The number of benzene rings is 10. The molecule has 0 aliphatic heterocycles. The minimum Gasteiger partial charge on any atom is -0.135 e. The predicted octanol–water partition coefficient (Wildman–Crippen LogP) is 17.1. The second-order valence-corrected chi connectivity index (χ2v) is 19.4. The molecule has 1 heterocycles. The second-order valence-electron chi connectivity index (χ2n) is 18.4. The minimum atomic E-state index is -0.172. The van der Waals surface area contributed by atoms with Crippen LogP contribution in [0.5, 0.6) is 0 Å². The van der Waals surface area contributed by atoms with Crippen LogP contribution < -0.4 is 0 Å². The summed E-state index contributed by atoms with van der Waals surface area (Å²) in [6.45, 7) is 9.66. The molecular formula is C60H42S. The number of hydrogen-bond acceptors (Lipinski definition) is 1. The lowest BCUT2D eigenvalue weighted by molar-refractivity contribution is 0.660. The van der Waals surface area contributed by atoms with Crippen molar-refractivity contribution in [3.63, 3.8) is 0 Å². The van der Waals surface area contributed by atoms with Crippen LogP contribution in [0.1, 0.15) is 49.9 Å². The fourth-order valence-corrected chi connectivity index (χ4v) is 12.6. The smallest absolute Gasteiger partial charge is 0.0361 e. The molecule has 13 rings (SSSR count). The quantitative estimate of drug-likeness (QED) is 0.156. The van der Waals surface area contributed by atoms with Crippen molar-refractivity contribution in [2.45, 2.75) is 38.5 Å². The van der Waals surface area contributed by atoms with E-state index in [1.54, 1.807) is 0 Å². The molecule has 2 aliphatic carbocycles. The van der Waals surface area contributed by atoms with E-state index in [2.05, 4.69) is 210 Å². The Morgan fingerprint density at radius 3 is 1.39 bits per heavy atom. The molecular weight excluding hydrogens is 753 g/mol. The van der Waals surface area contributed by atoms with Crippen LogP contribution in [-0.4, -0.2) is 0 Å². The highest BCUT2D eigenvalue weighted by Gasteiger charge is 2.38. The Morgan fingerprint density at radius 2 is 0.754 bits per heavy atom. The monoisotopic (exact) mass is 794 g/mol. The average Bonchev–Trinajstić information content (AvgIpc) is 3.87. The van der Waals surface area contributed by atoms with Crippen molar-refractivity contribution in [1.29, 1.82) is 0 Å². The Bertz CT molecular complexity index is 3630. The molecule has 11 aromatic rings. The van der Waals surface area contributed by atoms with Gasteiger partial charge in [-0.15, -0.1) is 11.3 Å². The molecule has 288 valence electrons. The number of fused-ring (bicyclic) bond motifs is 14. The number of hydrogen-bond donors (Lipinski definition) is 0. The van der Waals surface area contributed by atoms with Crippen molar-refractivity contribution in [2.24, 2.45) is 0 Å². The normalized spacial score (nSPS) is 14.5. The van der Waals surface area contributed by atoms with Crippen LogP contribution in [0.25, 0.3) is 108 Å². The van der Waals surface area contributed by atoms with Crippen LogP contribution in [0.2, 0.25) is 0 Å². The van der Waals surface area contributed by atoms with E-state index in [1.807, 2.05) is 11.3 Å². The first-order chi connectivity index (χ1) is 29.8. The van der Waals surface area contributed by atoms with E-state index in [-0.39, 0.29) is 10.8 Å². The van der Waals surface area contributed by atoms with Gasteiger partial charge >= 0.3 is 0 Å². The highest BCUT2D eigenvalue weighted by molar-refractivity contribution is 7.26. The standard InChI is InChI=1S/C60H42S/c1-59(2)49-30-28-46-45(29-31-54-58(46)48-20-12-13-21-53(48)61-54)57(49)47-27-23-37(33-52(47)59)36-22-25-39-40-26-24-38(34-51(40)60(3,4)50(39)32-36)56-43-18-10-8-16-41(43)55(35-14-6-5-7-15-35)42-17-9-11-19-44(42)56/h5-34H,1-4H3. The van der Waals surface area contributed by atoms with Crippen LogP contribution in [0, 0.1) is 0 Å². The number of thiophene rings is 1. The summed E-state index contributed by atoms with van der Waals surface area (Å²) in [5.74, 6) is 0. The van der Waals surface area contributed by atoms with Crippen molar-refractivity contribution < 1.29 is 0 Å². The van der Waals surface area contributed by atoms with Gasteiger partial charge in [0.1, 0.15) is 0 Å². The maximum absolute atomic E-state index is 2.50. The van der Waals surface area contributed by atoms with Gasteiger partial charge in [-0.3, -0.25) is 0 Å². The van der Waals surface area contributed by atoms with Crippen molar-refractivity contribution >= 4 is 63.8 Å². The summed E-state index contributed by atoms with van der Waals surface area (Å²) in [4.78, 5) is 0. The van der Waals surface area contributed by atoms with Gasteiger partial charge in [0.25, 0.3) is 0 Å². The predicted molar refractivity (Wildman–Crippen MR) is 263 cm³/mol. The summed E-state index contributed by atoms with van der Waals surface area (Å²) in [5.41, 5.74) is 18.5. The first kappa shape index (κ1) is 35.0. The summed E-state index contributed by atoms with van der Waals surface area (Å²) >= 11 is 1.90. The Hall–Kier alpha value is -6.80. The second kappa shape index (κ2) is 12.4. The molecule has 0 spiro atoms. The molecule has 61 heavy (non-hydrogen) atoms. The SMILES string of the molecule is CC1(C)c2cc(-c3ccc4c(c3)C(C)(C)c3ccc5c(ccc6sc7ccccc7c65)c3-4)ccc2-c2ccc(-c3c4ccccc4c(-c4ccccc4)c4ccccc34)cc21. The van der Waals surface area contributed by atoms with Crippen molar-refractivity contribution in [2.75, 3.05) is 0 Å². The van der Waals surface area contributed by atoms with E-state index in [1.165, 1.54) is 130 Å². The van der Waals surface area contributed by atoms with Crippen molar-refractivity contribution in [3.05, 3.63) is 204 Å². The first-order valence-electron chi connectivity index (χ1n) is 21.6. The maximum atomic E-state index is 2.50. The Kier molecular flexibility index (Phi) is 7.11. The van der Waals surface area contributed by atoms with Crippen LogP contribution >= 0.6 is 11.3 Å². The molecule has 0 unspecified atom stereocenters. The molecule has 0 saturated heterocycles. The van der Waals surface area contributed by atoms with Gasteiger partial charge in [0.05, 0.1) is 0 Å². The van der Waals surface area contributed by atoms with Crippen molar-refractivity contribution in [3.8, 4) is 55.6 Å². The van der Waals surface area contributed by atoms with Crippen LogP contribution in [0.3, 0.4) is 0 Å². The third-order valence-corrected chi connectivity index (χ3v) is 15.6. The van der Waals surface area contributed by atoms with E-state index in [9.17, 15) is 0 Å². The van der Waals surface area contributed by atoms with Gasteiger partial charge in [-0.1, -0.05) is 179 Å². The summed E-state index contributed by atoms with van der Waals surface area (Å²) in [5, 5.41) is 10.6. The van der Waals surface area contributed by atoms with E-state index in [0.717, 1.165) is 0 Å². The van der Waals surface area contributed by atoms with Crippen LogP contribution in [0.15, 0.2) is 182 Å². The molecule has 10 aromatic carbocycles. The Balaban J connectivity index is 0.920. The molecule has 0 atom stereocenters. The van der Waals surface area contributed by atoms with Gasteiger partial charge in [0.2, 0.25) is 0 Å². The minimum absolute atomic E-state index is 0.114. The van der Waals surface area contributed by atoms with Gasteiger partial charge < -0.3 is 0 Å². The third kappa shape index (κ3) is 4.76. The lowest BCUT2D eigenvalue weighted by Crippen LogP contribution is -2.15. The molecule has 0 radical (unpaired) electrons. The lowest BCUT2D eigenvalue weighted by atomic mass is 9.79. The van der Waals surface area contributed by atoms with E-state index < -0.39 is 0 Å². The number of rotatable bonds is 3. The maximum Gasteiger partial charge on any atom is 0.0361 e. The van der Waals surface area contributed by atoms with E-state index in [0.29, 0.717) is 0 Å². The van der Waals surface area contributed by atoms with Crippen LogP contribution in [0.4, 0.5) is 0 Å². The van der Waals surface area contributed by atoms with E-state index >= 15 is 0 Å². The first-order valence-corrected chi connectivity index (χ1v) is 22.4. The third-order valence-electron chi connectivity index (χ3n) is 14.5. The molecule has 0 saturated carbocycles. The van der Waals surface area contributed by atoms with Crippen LogP contribution in [-0.2, 0) is 10.8 Å². The van der Waals surface area contributed by atoms with Gasteiger partial charge in [0, 0.05) is 31.0 Å². The fourth-order valence-electron chi connectivity index (χ4n) is 11.5. The Morgan fingerprint density at radius 1 is 0.295 bits per heavy atom. The largest absolute Gasteiger partial charge is 0.135 e. The molecule has 0 amide bonds. The Labute approximate surface area is 360 Å². The van der Waals surface area contributed by atoms with Gasteiger partial charge in [-0.25, -0.2) is 0 Å². The molecule has 0 nitrogen and oxygen atoms in total. The van der Waals surface area contributed by atoms with Gasteiger partial charge in [-0.2, -0.15) is 0 Å². The summed E-state index contributed by atoms with van der Waals surface area (Å²) < 4.78 is 2.71.